The van der Waals surface area contributed by atoms with Gasteiger partial charge in [-0.1, -0.05) is 18.2 Å². The Bertz CT molecular complexity index is 1440. The molecular formula is C26H22FN5O3S. The van der Waals surface area contributed by atoms with Crippen LogP contribution < -0.4 is 4.72 Å². The molecule has 2 N–H and O–H groups in total. The number of fused-ring (bicyclic) bond motifs is 1. The van der Waals surface area contributed by atoms with E-state index >= 15 is 0 Å². The summed E-state index contributed by atoms with van der Waals surface area (Å²) in [4.78, 5) is 37.7. The topological polar surface area (TPSA) is 98.7 Å². The summed E-state index contributed by atoms with van der Waals surface area (Å²) in [6.07, 6.45) is 4.12. The maximum atomic E-state index is 13.9. The second-order valence-electron chi connectivity index (χ2n) is 8.21. The van der Waals surface area contributed by atoms with E-state index in [4.69, 9.17) is 0 Å². The predicted molar refractivity (Wildman–Crippen MR) is 135 cm³/mol. The van der Waals surface area contributed by atoms with Crippen LogP contribution in [0.1, 0.15) is 20.7 Å². The van der Waals surface area contributed by atoms with Crippen LogP contribution >= 0.6 is 11.9 Å². The van der Waals surface area contributed by atoms with E-state index in [0.29, 0.717) is 5.69 Å². The Morgan fingerprint density at radius 2 is 1.64 bits per heavy atom. The SMILES string of the molecule is O=C(c1ccc(NSc2cccc3cccnc23)cc1O)N1CCN(C(=O)c2ccncc2F)CC1. The second kappa shape index (κ2) is 10.2. The van der Waals surface area contributed by atoms with Crippen LogP contribution in [0.5, 0.6) is 5.75 Å². The van der Waals surface area contributed by atoms with Gasteiger partial charge in [0.1, 0.15) is 5.75 Å². The third kappa shape index (κ3) is 4.80. The predicted octanol–water partition coefficient (Wildman–Crippen LogP) is 4.19. The maximum absolute atomic E-state index is 13.9. The molecule has 1 saturated heterocycles. The van der Waals surface area contributed by atoms with Gasteiger partial charge >= 0.3 is 0 Å². The molecule has 3 heterocycles. The van der Waals surface area contributed by atoms with Crippen molar-refractivity contribution in [1.29, 1.82) is 0 Å². The van der Waals surface area contributed by atoms with E-state index < -0.39 is 11.7 Å². The number of carbonyl (C=O) groups excluding carboxylic acids is 2. The number of aromatic nitrogens is 2. The monoisotopic (exact) mass is 503 g/mol. The van der Waals surface area contributed by atoms with Gasteiger partial charge in [0.15, 0.2) is 5.82 Å². The van der Waals surface area contributed by atoms with E-state index in [1.165, 1.54) is 35.2 Å². The fourth-order valence-electron chi connectivity index (χ4n) is 4.05. The molecular weight excluding hydrogens is 481 g/mol. The molecule has 0 bridgehead atoms. The van der Waals surface area contributed by atoms with Gasteiger partial charge in [-0.2, -0.15) is 0 Å². The highest BCUT2D eigenvalue weighted by atomic mass is 32.2. The van der Waals surface area contributed by atoms with Gasteiger partial charge in [0.05, 0.1) is 27.7 Å². The first-order valence-corrected chi connectivity index (χ1v) is 12.1. The molecule has 0 radical (unpaired) electrons. The second-order valence-corrected chi connectivity index (χ2v) is 9.06. The lowest BCUT2D eigenvalue weighted by Gasteiger charge is -2.35. The molecule has 36 heavy (non-hydrogen) atoms. The van der Waals surface area contributed by atoms with E-state index in [9.17, 15) is 19.1 Å². The molecule has 0 atom stereocenters. The molecule has 2 aromatic heterocycles. The Labute approximate surface area is 210 Å². The average Bonchev–Trinajstić information content (AvgIpc) is 2.91. The zero-order chi connectivity index (χ0) is 25.1. The smallest absolute Gasteiger partial charge is 0.257 e. The van der Waals surface area contributed by atoms with E-state index in [2.05, 4.69) is 14.7 Å². The largest absolute Gasteiger partial charge is 0.507 e. The van der Waals surface area contributed by atoms with Gasteiger partial charge in [0, 0.05) is 55.7 Å². The number of phenolic OH excluding ortho intramolecular Hbond substituents is 1. The lowest BCUT2D eigenvalue weighted by Crippen LogP contribution is -2.50. The lowest BCUT2D eigenvalue weighted by atomic mass is 10.1. The zero-order valence-corrected chi connectivity index (χ0v) is 19.9. The van der Waals surface area contributed by atoms with Crippen molar-refractivity contribution in [2.75, 3.05) is 30.9 Å². The quantitative estimate of drug-likeness (QED) is 0.394. The van der Waals surface area contributed by atoms with Crippen LogP contribution in [0, 0.1) is 5.82 Å². The van der Waals surface area contributed by atoms with Crippen molar-refractivity contribution in [3.8, 4) is 5.75 Å². The number of piperazine rings is 1. The molecule has 8 nitrogen and oxygen atoms in total. The number of hydrogen-bond donors (Lipinski definition) is 2. The minimum Gasteiger partial charge on any atom is -0.507 e. The molecule has 2 aromatic carbocycles. The van der Waals surface area contributed by atoms with Crippen LogP contribution in [0.15, 0.2) is 78.1 Å². The molecule has 10 heteroatoms. The lowest BCUT2D eigenvalue weighted by molar-refractivity contribution is 0.0531. The number of rotatable bonds is 5. The molecule has 0 aliphatic carbocycles. The van der Waals surface area contributed by atoms with Gasteiger partial charge < -0.3 is 19.6 Å². The molecule has 0 unspecified atom stereocenters. The van der Waals surface area contributed by atoms with Crippen molar-refractivity contribution in [2.45, 2.75) is 4.90 Å². The Morgan fingerprint density at radius 3 is 2.36 bits per heavy atom. The van der Waals surface area contributed by atoms with Crippen LogP contribution in [0.3, 0.4) is 0 Å². The van der Waals surface area contributed by atoms with Crippen molar-refractivity contribution < 1.29 is 19.1 Å². The highest BCUT2D eigenvalue weighted by Gasteiger charge is 2.28. The summed E-state index contributed by atoms with van der Waals surface area (Å²) < 4.78 is 17.1. The molecule has 1 fully saturated rings. The molecule has 4 aromatic rings. The zero-order valence-electron chi connectivity index (χ0n) is 19.1. The van der Waals surface area contributed by atoms with Crippen molar-refractivity contribution in [3.63, 3.8) is 0 Å². The van der Waals surface area contributed by atoms with Crippen LogP contribution in [0.4, 0.5) is 10.1 Å². The Hall–Kier alpha value is -4.18. The fourth-order valence-corrected chi connectivity index (χ4v) is 4.82. The molecule has 1 aliphatic heterocycles. The number of nitrogens with zero attached hydrogens (tertiary/aromatic N) is 4. The first-order chi connectivity index (χ1) is 17.5. The number of benzene rings is 2. The number of nitrogens with one attached hydrogen (secondary N) is 1. The molecule has 182 valence electrons. The van der Waals surface area contributed by atoms with E-state index in [1.807, 2.05) is 30.3 Å². The highest BCUT2D eigenvalue weighted by molar-refractivity contribution is 8.00. The molecule has 5 rings (SSSR count). The fraction of sp³-hybridized carbons (Fsp3) is 0.154. The Morgan fingerprint density at radius 1 is 0.917 bits per heavy atom. The van der Waals surface area contributed by atoms with Gasteiger partial charge in [-0.3, -0.25) is 19.6 Å². The van der Waals surface area contributed by atoms with Crippen LogP contribution in [0.25, 0.3) is 10.9 Å². The van der Waals surface area contributed by atoms with Gasteiger partial charge in [-0.05, 0) is 42.3 Å². The van der Waals surface area contributed by atoms with Crippen molar-refractivity contribution in [3.05, 3.63) is 90.1 Å². The summed E-state index contributed by atoms with van der Waals surface area (Å²) in [6.45, 7) is 1.09. The summed E-state index contributed by atoms with van der Waals surface area (Å²) in [6, 6.07) is 15.9. The number of hydrogen-bond acceptors (Lipinski definition) is 7. The van der Waals surface area contributed by atoms with Gasteiger partial charge in [0.25, 0.3) is 11.8 Å². The number of anilines is 1. The Balaban J connectivity index is 1.21. The molecule has 0 spiro atoms. The first kappa shape index (κ1) is 23.6. The minimum atomic E-state index is -0.672. The van der Waals surface area contributed by atoms with Crippen molar-refractivity contribution in [2.24, 2.45) is 0 Å². The van der Waals surface area contributed by atoms with Crippen LogP contribution in [0.2, 0.25) is 0 Å². The number of aromatic hydroxyl groups is 1. The molecule has 2 amide bonds. The summed E-state index contributed by atoms with van der Waals surface area (Å²) in [7, 11) is 0. The van der Waals surface area contributed by atoms with Crippen LogP contribution in [-0.4, -0.2) is 62.9 Å². The number of carbonyl (C=O) groups is 2. The van der Waals surface area contributed by atoms with Gasteiger partial charge in [-0.15, -0.1) is 0 Å². The maximum Gasteiger partial charge on any atom is 0.257 e. The number of pyridine rings is 2. The molecule has 0 saturated carbocycles. The summed E-state index contributed by atoms with van der Waals surface area (Å²) in [5, 5.41) is 11.6. The number of para-hydroxylation sites is 1. The minimum absolute atomic E-state index is 0.0392. The van der Waals surface area contributed by atoms with Crippen molar-refractivity contribution in [1.82, 2.24) is 19.8 Å². The van der Waals surface area contributed by atoms with E-state index in [1.54, 1.807) is 23.2 Å². The summed E-state index contributed by atoms with van der Waals surface area (Å²) in [5.41, 5.74) is 1.65. The average molecular weight is 504 g/mol. The number of amides is 2. The Kier molecular flexibility index (Phi) is 6.68. The third-order valence-electron chi connectivity index (χ3n) is 5.96. The first-order valence-electron chi connectivity index (χ1n) is 11.3. The highest BCUT2D eigenvalue weighted by Crippen LogP contribution is 2.30. The number of phenols is 1. The van der Waals surface area contributed by atoms with Gasteiger partial charge in [0.2, 0.25) is 0 Å². The summed E-state index contributed by atoms with van der Waals surface area (Å²) >= 11 is 1.37. The van der Waals surface area contributed by atoms with Crippen LogP contribution in [-0.2, 0) is 0 Å². The molecule has 1 aliphatic rings. The standard InChI is InChI=1S/C26H22FN5O3S/c27-21-16-28-10-8-19(21)25(34)31-11-13-32(14-12-31)26(35)20-7-6-18(15-22(20)33)30-36-23-5-1-3-17-4-2-9-29-24(17)23/h1-10,15-16,30,33H,11-14H2. The summed E-state index contributed by atoms with van der Waals surface area (Å²) in [5.74, 6) is -1.57. The third-order valence-corrected chi connectivity index (χ3v) is 6.85. The van der Waals surface area contributed by atoms with E-state index in [-0.39, 0.29) is 49.0 Å². The van der Waals surface area contributed by atoms with Crippen molar-refractivity contribution >= 4 is 40.4 Å². The normalized spacial score (nSPS) is 13.6. The van der Waals surface area contributed by atoms with E-state index in [0.717, 1.165) is 22.0 Å². The van der Waals surface area contributed by atoms with Gasteiger partial charge in [-0.25, -0.2) is 4.39 Å². The number of halogens is 1.